The van der Waals surface area contributed by atoms with Crippen LogP contribution in [0.5, 0.6) is 0 Å². The second-order valence-corrected chi connectivity index (χ2v) is 7.51. The zero-order valence-corrected chi connectivity index (χ0v) is 16.7. The minimum Gasteiger partial charge on any atom is -0.258 e. The van der Waals surface area contributed by atoms with Gasteiger partial charge in [0, 0.05) is 23.1 Å². The highest BCUT2D eigenvalue weighted by Gasteiger charge is 2.18. The first-order valence-corrected chi connectivity index (χ1v) is 10.1. The minimum absolute atomic E-state index is 0.0245. The number of non-ortho nitro benzene ring substituents is 1. The van der Waals surface area contributed by atoms with Crippen LogP contribution in [-0.4, -0.2) is 24.9 Å². The van der Waals surface area contributed by atoms with Crippen LogP contribution in [0.4, 0.5) is 5.69 Å². The van der Waals surface area contributed by atoms with Gasteiger partial charge in [0.05, 0.1) is 21.8 Å². The van der Waals surface area contributed by atoms with Crippen molar-refractivity contribution in [3.05, 3.63) is 101 Å². The molecule has 6 rings (SSSR count). The van der Waals surface area contributed by atoms with Crippen molar-refractivity contribution in [1.82, 2.24) is 20.0 Å². The van der Waals surface area contributed by atoms with E-state index in [4.69, 9.17) is 4.98 Å². The maximum absolute atomic E-state index is 11.1. The number of rotatable bonds is 3. The zero-order valence-electron chi connectivity index (χ0n) is 16.7. The molecular formula is C25H15N5O2. The highest BCUT2D eigenvalue weighted by Crippen LogP contribution is 2.34. The topological polar surface area (TPSA) is 86.7 Å². The van der Waals surface area contributed by atoms with E-state index in [-0.39, 0.29) is 5.69 Å². The molecule has 0 radical (unpaired) electrons. The summed E-state index contributed by atoms with van der Waals surface area (Å²) in [7, 11) is 0. The van der Waals surface area contributed by atoms with Crippen LogP contribution in [0.15, 0.2) is 91.0 Å². The molecule has 6 aromatic rings. The van der Waals surface area contributed by atoms with E-state index in [9.17, 15) is 10.1 Å². The van der Waals surface area contributed by atoms with Crippen molar-refractivity contribution < 1.29 is 4.92 Å². The number of para-hydroxylation sites is 1. The van der Waals surface area contributed by atoms with Crippen molar-refractivity contribution in [1.29, 1.82) is 0 Å². The number of nitro benzene ring substituents is 1. The highest BCUT2D eigenvalue weighted by atomic mass is 16.6. The standard InChI is InChI=1S/C25H15N5O2/c31-30(32)20-13-11-19(12-14-20)29-25-23(18-10-9-16-5-1-2-6-17(16)15-18)26-22-8-4-3-7-21(22)24(25)27-28-29/h1-15H. The van der Waals surface area contributed by atoms with Gasteiger partial charge in [0.2, 0.25) is 0 Å². The molecule has 0 aliphatic carbocycles. The Hall–Kier alpha value is -4.65. The van der Waals surface area contributed by atoms with Crippen molar-refractivity contribution in [2.24, 2.45) is 0 Å². The number of pyridine rings is 1. The minimum atomic E-state index is -0.418. The van der Waals surface area contributed by atoms with Gasteiger partial charge >= 0.3 is 0 Å². The zero-order chi connectivity index (χ0) is 21.7. The molecule has 7 heteroatoms. The lowest BCUT2D eigenvalue weighted by molar-refractivity contribution is -0.384. The highest BCUT2D eigenvalue weighted by molar-refractivity contribution is 6.08. The molecule has 0 saturated heterocycles. The van der Waals surface area contributed by atoms with Crippen molar-refractivity contribution in [2.45, 2.75) is 0 Å². The van der Waals surface area contributed by atoms with Crippen LogP contribution in [0.25, 0.3) is 49.7 Å². The van der Waals surface area contributed by atoms with E-state index < -0.39 is 4.92 Å². The van der Waals surface area contributed by atoms with Crippen LogP contribution in [-0.2, 0) is 0 Å². The van der Waals surface area contributed by atoms with E-state index >= 15 is 0 Å². The number of benzene rings is 4. The fourth-order valence-corrected chi connectivity index (χ4v) is 4.05. The summed E-state index contributed by atoms with van der Waals surface area (Å²) in [5.41, 5.74) is 4.73. The van der Waals surface area contributed by atoms with Gasteiger partial charge in [-0.25, -0.2) is 9.67 Å². The largest absolute Gasteiger partial charge is 0.269 e. The summed E-state index contributed by atoms with van der Waals surface area (Å²) >= 11 is 0. The third-order valence-corrected chi connectivity index (χ3v) is 5.61. The molecule has 4 aromatic carbocycles. The fourth-order valence-electron chi connectivity index (χ4n) is 4.05. The summed E-state index contributed by atoms with van der Waals surface area (Å²) in [6.45, 7) is 0. The molecule has 0 spiro atoms. The average Bonchev–Trinajstić information content (AvgIpc) is 3.29. The molecule has 2 heterocycles. The van der Waals surface area contributed by atoms with Gasteiger partial charge in [-0.3, -0.25) is 10.1 Å². The Labute approximate surface area is 181 Å². The van der Waals surface area contributed by atoms with E-state index in [1.165, 1.54) is 12.1 Å². The summed E-state index contributed by atoms with van der Waals surface area (Å²) < 4.78 is 1.70. The Kier molecular flexibility index (Phi) is 3.94. The molecule has 32 heavy (non-hydrogen) atoms. The maximum atomic E-state index is 11.1. The molecule has 0 aliphatic heterocycles. The number of nitro groups is 1. The molecule has 0 atom stereocenters. The number of nitrogens with zero attached hydrogens (tertiary/aromatic N) is 5. The summed E-state index contributed by atoms with van der Waals surface area (Å²) in [6.07, 6.45) is 0. The lowest BCUT2D eigenvalue weighted by Gasteiger charge is -2.10. The Morgan fingerprint density at radius 1 is 0.812 bits per heavy atom. The third kappa shape index (κ3) is 2.79. The Balaban J connectivity index is 1.67. The molecule has 152 valence electrons. The van der Waals surface area contributed by atoms with Gasteiger partial charge in [-0.2, -0.15) is 0 Å². The Morgan fingerprint density at radius 2 is 1.56 bits per heavy atom. The van der Waals surface area contributed by atoms with Gasteiger partial charge in [-0.1, -0.05) is 59.8 Å². The van der Waals surface area contributed by atoms with E-state index in [0.717, 1.165) is 44.0 Å². The molecule has 0 aliphatic rings. The lowest BCUT2D eigenvalue weighted by atomic mass is 10.0. The first-order valence-electron chi connectivity index (χ1n) is 10.1. The molecule has 0 unspecified atom stereocenters. The van der Waals surface area contributed by atoms with Crippen molar-refractivity contribution >= 4 is 38.4 Å². The van der Waals surface area contributed by atoms with Gasteiger partial charge in [0.25, 0.3) is 5.69 Å². The van der Waals surface area contributed by atoms with Gasteiger partial charge in [-0.15, -0.1) is 5.10 Å². The van der Waals surface area contributed by atoms with Gasteiger partial charge in [-0.05, 0) is 35.0 Å². The number of hydrogen-bond donors (Lipinski definition) is 0. The van der Waals surface area contributed by atoms with Gasteiger partial charge in [0.1, 0.15) is 11.0 Å². The van der Waals surface area contributed by atoms with E-state index in [1.807, 2.05) is 42.5 Å². The van der Waals surface area contributed by atoms with Crippen LogP contribution in [0.1, 0.15) is 0 Å². The van der Waals surface area contributed by atoms with Crippen molar-refractivity contribution in [3.8, 4) is 16.9 Å². The normalized spacial score (nSPS) is 11.4. The predicted octanol–water partition coefficient (Wildman–Crippen LogP) is 5.70. The molecule has 2 aromatic heterocycles. The van der Waals surface area contributed by atoms with Crippen LogP contribution in [0.3, 0.4) is 0 Å². The SMILES string of the molecule is O=[N+]([O-])c1ccc(-n2nnc3c4ccccc4nc(-c4ccc5ccccc5c4)c32)cc1. The number of hydrogen-bond acceptors (Lipinski definition) is 5. The maximum Gasteiger partial charge on any atom is 0.269 e. The van der Waals surface area contributed by atoms with Crippen LogP contribution >= 0.6 is 0 Å². The van der Waals surface area contributed by atoms with Crippen LogP contribution in [0, 0.1) is 10.1 Å². The number of aromatic nitrogens is 4. The quantitative estimate of drug-likeness (QED) is 0.272. The van der Waals surface area contributed by atoms with Gasteiger partial charge in [0.15, 0.2) is 0 Å². The third-order valence-electron chi connectivity index (χ3n) is 5.61. The Morgan fingerprint density at radius 3 is 2.38 bits per heavy atom. The Bertz CT molecular complexity index is 1650. The first-order chi connectivity index (χ1) is 15.7. The van der Waals surface area contributed by atoms with Gasteiger partial charge < -0.3 is 0 Å². The molecule has 0 saturated carbocycles. The summed E-state index contributed by atoms with van der Waals surface area (Å²) in [5, 5.41) is 23.1. The van der Waals surface area contributed by atoms with E-state index in [1.54, 1.807) is 16.8 Å². The average molecular weight is 417 g/mol. The van der Waals surface area contributed by atoms with Crippen molar-refractivity contribution in [2.75, 3.05) is 0 Å². The molecule has 0 fully saturated rings. The summed E-state index contributed by atoms with van der Waals surface area (Å²) in [5.74, 6) is 0. The second kappa shape index (κ2) is 6.95. The van der Waals surface area contributed by atoms with Crippen LogP contribution < -0.4 is 0 Å². The van der Waals surface area contributed by atoms with E-state index in [0.29, 0.717) is 5.69 Å². The number of fused-ring (bicyclic) bond motifs is 4. The molecule has 0 bridgehead atoms. The van der Waals surface area contributed by atoms with Crippen LogP contribution in [0.2, 0.25) is 0 Å². The summed E-state index contributed by atoms with van der Waals surface area (Å²) in [4.78, 5) is 15.6. The molecule has 0 N–H and O–H groups in total. The van der Waals surface area contributed by atoms with E-state index in [2.05, 4.69) is 34.6 Å². The monoisotopic (exact) mass is 417 g/mol. The molecule has 0 amide bonds. The fraction of sp³-hybridized carbons (Fsp3) is 0. The second-order valence-electron chi connectivity index (χ2n) is 7.51. The first kappa shape index (κ1) is 18.1. The lowest BCUT2D eigenvalue weighted by Crippen LogP contribution is -2.00. The molecular weight excluding hydrogens is 402 g/mol. The van der Waals surface area contributed by atoms with Crippen molar-refractivity contribution in [3.63, 3.8) is 0 Å². The predicted molar refractivity (Wildman–Crippen MR) is 124 cm³/mol. The molecule has 7 nitrogen and oxygen atoms in total. The smallest absolute Gasteiger partial charge is 0.258 e. The summed E-state index contributed by atoms with van der Waals surface area (Å²) in [6, 6.07) is 28.5.